The van der Waals surface area contributed by atoms with Gasteiger partial charge in [0, 0.05) is 6.54 Å². The van der Waals surface area contributed by atoms with Gasteiger partial charge < -0.3 is 9.64 Å². The van der Waals surface area contributed by atoms with Gasteiger partial charge in [0.2, 0.25) is 0 Å². The predicted molar refractivity (Wildman–Crippen MR) is 47.7 cm³/mol. The maximum absolute atomic E-state index is 5.64. The molecule has 1 aromatic carbocycles. The van der Waals surface area contributed by atoms with E-state index < -0.39 is 0 Å². The minimum absolute atomic E-state index is 0.300. The van der Waals surface area contributed by atoms with Gasteiger partial charge in [0.15, 0.2) is 0 Å². The summed E-state index contributed by atoms with van der Waals surface area (Å²) in [5, 5.41) is 0. The van der Waals surface area contributed by atoms with Crippen LogP contribution in [0.4, 0.5) is 5.69 Å². The van der Waals surface area contributed by atoms with Gasteiger partial charge in [-0.25, -0.2) is 0 Å². The first-order valence-corrected chi connectivity index (χ1v) is 4.29. The number of benzene rings is 1. The zero-order valence-corrected chi connectivity index (χ0v) is 7.08. The van der Waals surface area contributed by atoms with Crippen molar-refractivity contribution >= 4 is 5.69 Å². The third kappa shape index (κ3) is 0.649. The molecule has 0 aromatic heterocycles. The van der Waals surface area contributed by atoms with Crippen molar-refractivity contribution < 1.29 is 4.74 Å². The van der Waals surface area contributed by atoms with Gasteiger partial charge >= 0.3 is 0 Å². The molecule has 1 atom stereocenters. The van der Waals surface area contributed by atoms with Crippen molar-refractivity contribution in [3.05, 3.63) is 24.3 Å². The van der Waals surface area contributed by atoms with Crippen molar-refractivity contribution in [2.24, 2.45) is 0 Å². The molecule has 2 aliphatic rings. The van der Waals surface area contributed by atoms with Crippen LogP contribution in [0.2, 0.25) is 0 Å². The molecule has 1 fully saturated rings. The zero-order valence-electron chi connectivity index (χ0n) is 7.08. The van der Waals surface area contributed by atoms with Crippen LogP contribution in [0.3, 0.4) is 0 Å². The Morgan fingerprint density at radius 3 is 3.17 bits per heavy atom. The number of rotatable bonds is 0. The Balaban J connectivity index is 2.12. The van der Waals surface area contributed by atoms with Gasteiger partial charge in [-0.2, -0.15) is 0 Å². The van der Waals surface area contributed by atoms with Gasteiger partial charge in [0.25, 0.3) is 0 Å². The Morgan fingerprint density at radius 2 is 2.25 bits per heavy atom. The summed E-state index contributed by atoms with van der Waals surface area (Å²) < 4.78 is 5.64. The molecule has 62 valence electrons. The highest BCUT2D eigenvalue weighted by molar-refractivity contribution is 5.67. The van der Waals surface area contributed by atoms with Crippen molar-refractivity contribution in [1.82, 2.24) is 0 Å². The van der Waals surface area contributed by atoms with E-state index in [9.17, 15) is 0 Å². The molecule has 1 saturated heterocycles. The van der Waals surface area contributed by atoms with Crippen molar-refractivity contribution in [3.8, 4) is 5.75 Å². The Labute approximate surface area is 71.8 Å². The SMILES string of the molecule is CC12COc3ccccc3N1C2. The molecule has 0 bridgehead atoms. The number of ether oxygens (including phenoxy) is 1. The second-order valence-corrected chi connectivity index (χ2v) is 3.84. The van der Waals surface area contributed by atoms with E-state index >= 15 is 0 Å². The highest BCUT2D eigenvalue weighted by Crippen LogP contribution is 2.46. The van der Waals surface area contributed by atoms with E-state index in [1.165, 1.54) is 5.69 Å². The van der Waals surface area contributed by atoms with E-state index in [-0.39, 0.29) is 0 Å². The monoisotopic (exact) mass is 161 g/mol. The Morgan fingerprint density at radius 1 is 1.42 bits per heavy atom. The van der Waals surface area contributed by atoms with Gasteiger partial charge in [-0.3, -0.25) is 0 Å². The van der Waals surface area contributed by atoms with Crippen LogP contribution in [0.1, 0.15) is 6.92 Å². The molecule has 2 aliphatic heterocycles. The van der Waals surface area contributed by atoms with Gasteiger partial charge in [-0.05, 0) is 19.1 Å². The molecule has 0 amide bonds. The lowest BCUT2D eigenvalue weighted by Gasteiger charge is -2.23. The molecule has 2 heterocycles. The number of nitrogens with zero attached hydrogens (tertiary/aromatic N) is 1. The summed E-state index contributed by atoms with van der Waals surface area (Å²) in [4.78, 5) is 2.39. The molecule has 12 heavy (non-hydrogen) atoms. The van der Waals surface area contributed by atoms with E-state index in [0.29, 0.717) is 5.54 Å². The molecule has 0 N–H and O–H groups in total. The first kappa shape index (κ1) is 6.35. The molecule has 1 unspecified atom stereocenters. The first-order valence-electron chi connectivity index (χ1n) is 4.29. The van der Waals surface area contributed by atoms with E-state index in [1.54, 1.807) is 0 Å². The summed E-state index contributed by atoms with van der Waals surface area (Å²) in [7, 11) is 0. The fraction of sp³-hybridized carbons (Fsp3) is 0.400. The van der Waals surface area contributed by atoms with Crippen LogP contribution in [0.15, 0.2) is 24.3 Å². The van der Waals surface area contributed by atoms with E-state index in [4.69, 9.17) is 4.74 Å². The van der Waals surface area contributed by atoms with Crippen LogP contribution >= 0.6 is 0 Å². The molecular formula is C10H11NO. The van der Waals surface area contributed by atoms with Crippen molar-refractivity contribution in [2.75, 3.05) is 18.1 Å². The summed E-state index contributed by atoms with van der Waals surface area (Å²) >= 11 is 0. The zero-order chi connectivity index (χ0) is 8.18. The number of hydrogen-bond donors (Lipinski definition) is 0. The molecule has 3 rings (SSSR count). The second kappa shape index (κ2) is 1.76. The van der Waals surface area contributed by atoms with E-state index in [2.05, 4.69) is 24.0 Å². The van der Waals surface area contributed by atoms with Crippen LogP contribution in [0, 0.1) is 0 Å². The summed E-state index contributed by atoms with van der Waals surface area (Å²) in [6, 6.07) is 8.24. The Bertz CT molecular complexity index is 336. The minimum Gasteiger partial charge on any atom is -0.489 e. The van der Waals surface area contributed by atoms with Crippen LogP contribution < -0.4 is 9.64 Å². The van der Waals surface area contributed by atoms with Crippen LogP contribution in [-0.4, -0.2) is 18.7 Å². The number of anilines is 1. The lowest BCUT2D eigenvalue weighted by atomic mass is 10.2. The average Bonchev–Trinajstić information content (AvgIpc) is 2.78. The third-order valence-corrected chi connectivity index (χ3v) is 2.74. The van der Waals surface area contributed by atoms with Gasteiger partial charge in [0.05, 0.1) is 11.2 Å². The topological polar surface area (TPSA) is 12.2 Å². The molecular weight excluding hydrogens is 150 g/mol. The Hall–Kier alpha value is -1.18. The second-order valence-electron chi connectivity index (χ2n) is 3.84. The van der Waals surface area contributed by atoms with E-state index in [0.717, 1.165) is 18.9 Å². The smallest absolute Gasteiger partial charge is 0.142 e. The quantitative estimate of drug-likeness (QED) is 0.536. The van der Waals surface area contributed by atoms with Crippen LogP contribution in [0.5, 0.6) is 5.75 Å². The normalized spacial score (nSPS) is 30.2. The fourth-order valence-electron chi connectivity index (χ4n) is 1.84. The summed E-state index contributed by atoms with van der Waals surface area (Å²) in [5.74, 6) is 1.03. The van der Waals surface area contributed by atoms with E-state index in [1.807, 2.05) is 12.1 Å². The molecule has 2 nitrogen and oxygen atoms in total. The first-order chi connectivity index (χ1) is 5.80. The van der Waals surface area contributed by atoms with Crippen LogP contribution in [-0.2, 0) is 0 Å². The molecule has 2 heteroatoms. The third-order valence-electron chi connectivity index (χ3n) is 2.74. The number of para-hydroxylation sites is 2. The highest BCUT2D eigenvalue weighted by Gasteiger charge is 2.52. The molecule has 0 aliphatic carbocycles. The molecule has 1 aromatic rings. The maximum Gasteiger partial charge on any atom is 0.142 e. The number of fused-ring (bicyclic) bond motifs is 3. The fourth-order valence-corrected chi connectivity index (χ4v) is 1.84. The predicted octanol–water partition coefficient (Wildman–Crippen LogP) is 1.66. The van der Waals surface area contributed by atoms with Gasteiger partial charge in [-0.15, -0.1) is 0 Å². The van der Waals surface area contributed by atoms with Crippen molar-refractivity contribution in [3.63, 3.8) is 0 Å². The minimum atomic E-state index is 0.300. The summed E-state index contributed by atoms with van der Waals surface area (Å²) in [6.07, 6.45) is 0. The molecule has 0 radical (unpaired) electrons. The van der Waals surface area contributed by atoms with Crippen LogP contribution in [0.25, 0.3) is 0 Å². The van der Waals surface area contributed by atoms with Crippen molar-refractivity contribution in [1.29, 1.82) is 0 Å². The highest BCUT2D eigenvalue weighted by atomic mass is 16.5. The Kier molecular flexibility index (Phi) is 0.932. The average molecular weight is 161 g/mol. The van der Waals surface area contributed by atoms with Crippen molar-refractivity contribution in [2.45, 2.75) is 12.5 Å². The van der Waals surface area contributed by atoms with Gasteiger partial charge in [-0.1, -0.05) is 12.1 Å². The molecule has 0 spiro atoms. The summed E-state index contributed by atoms with van der Waals surface area (Å²) in [5.41, 5.74) is 1.56. The van der Waals surface area contributed by atoms with Gasteiger partial charge in [0.1, 0.15) is 12.4 Å². The summed E-state index contributed by atoms with van der Waals surface area (Å²) in [6.45, 7) is 4.22. The lowest BCUT2D eigenvalue weighted by molar-refractivity contribution is 0.277. The standard InChI is InChI=1S/C10H11NO/c1-10-6-11(10)8-4-2-3-5-9(8)12-7-10/h2-5H,6-7H2,1H3. The maximum atomic E-state index is 5.64. The largest absolute Gasteiger partial charge is 0.489 e. The molecule has 0 saturated carbocycles. The number of hydrogen-bond acceptors (Lipinski definition) is 2. The lowest BCUT2D eigenvalue weighted by Crippen LogP contribution is -2.27.